The first-order chi connectivity index (χ1) is 12.8. The number of fused-ring (bicyclic) bond motifs is 2. The number of hydrogen-bond donors (Lipinski definition) is 0. The van der Waals surface area contributed by atoms with Crippen LogP contribution in [0, 0.1) is 0 Å². The van der Waals surface area contributed by atoms with Crippen molar-refractivity contribution < 1.29 is 14.3 Å². The second kappa shape index (κ2) is 6.57. The quantitative estimate of drug-likeness (QED) is 0.797. The van der Waals surface area contributed by atoms with E-state index >= 15 is 0 Å². The number of anilines is 1. The van der Waals surface area contributed by atoms with Crippen LogP contribution in [0.4, 0.5) is 5.69 Å². The molecule has 6 heteroatoms. The summed E-state index contributed by atoms with van der Waals surface area (Å²) in [7, 11) is 0. The third-order valence-electron chi connectivity index (χ3n) is 5.11. The molecule has 2 heterocycles. The fourth-order valence-electron chi connectivity index (χ4n) is 3.64. The summed E-state index contributed by atoms with van der Waals surface area (Å²) in [4.78, 5) is 29.2. The van der Waals surface area contributed by atoms with E-state index < -0.39 is 5.60 Å². The third kappa shape index (κ3) is 3.28. The fourth-order valence-corrected chi connectivity index (χ4v) is 3.81. The van der Waals surface area contributed by atoms with E-state index in [1.807, 2.05) is 23.1 Å². The Hall–Kier alpha value is -2.53. The van der Waals surface area contributed by atoms with Gasteiger partial charge in [0.1, 0.15) is 12.3 Å². The van der Waals surface area contributed by atoms with Crippen LogP contribution in [0.5, 0.6) is 5.75 Å². The van der Waals surface area contributed by atoms with Crippen LogP contribution in [-0.4, -0.2) is 35.4 Å². The summed E-state index contributed by atoms with van der Waals surface area (Å²) in [5, 5.41) is 0.495. The van der Waals surface area contributed by atoms with Gasteiger partial charge in [-0.1, -0.05) is 35.9 Å². The molecule has 2 aliphatic heterocycles. The van der Waals surface area contributed by atoms with Gasteiger partial charge in [0.2, 0.25) is 5.91 Å². The van der Waals surface area contributed by atoms with Gasteiger partial charge in [0.05, 0.1) is 5.69 Å². The highest BCUT2D eigenvalue weighted by Crippen LogP contribution is 2.39. The van der Waals surface area contributed by atoms with Gasteiger partial charge in [-0.3, -0.25) is 14.5 Å². The van der Waals surface area contributed by atoms with E-state index in [4.69, 9.17) is 16.3 Å². The zero-order valence-corrected chi connectivity index (χ0v) is 16.1. The minimum absolute atomic E-state index is 0.0267. The average molecular weight is 385 g/mol. The highest BCUT2D eigenvalue weighted by Gasteiger charge is 2.42. The van der Waals surface area contributed by atoms with E-state index in [1.165, 1.54) is 10.5 Å². The molecule has 0 radical (unpaired) electrons. The highest BCUT2D eigenvalue weighted by molar-refractivity contribution is 6.31. The molecule has 0 saturated carbocycles. The summed E-state index contributed by atoms with van der Waals surface area (Å²) in [5.41, 5.74) is 1.95. The monoisotopic (exact) mass is 384 g/mol. The summed E-state index contributed by atoms with van der Waals surface area (Å²) in [6, 6.07) is 13.3. The first kappa shape index (κ1) is 17.9. The summed E-state index contributed by atoms with van der Waals surface area (Å²) in [5.74, 6) is 0.227. The topological polar surface area (TPSA) is 49.9 Å². The number of hydrogen-bond acceptors (Lipinski definition) is 3. The standard InChI is InChI=1S/C21H21ClN2O3/c1-21(2)20(26)24(17-11-16(22)7-8-18(17)27-21)13-19(25)23-10-9-14-5-3-4-6-15(14)12-23/h3-8,11H,9-10,12-13H2,1-2H3. The number of benzene rings is 2. The maximum absolute atomic E-state index is 13.0. The van der Waals surface area contributed by atoms with Gasteiger partial charge < -0.3 is 9.64 Å². The molecule has 5 nitrogen and oxygen atoms in total. The lowest BCUT2D eigenvalue weighted by Gasteiger charge is -2.39. The number of amides is 2. The molecule has 0 aliphatic carbocycles. The van der Waals surface area contributed by atoms with Gasteiger partial charge in [0.25, 0.3) is 5.91 Å². The molecule has 0 atom stereocenters. The van der Waals surface area contributed by atoms with E-state index in [9.17, 15) is 9.59 Å². The molecule has 0 saturated heterocycles. The molecule has 0 N–H and O–H groups in total. The molecule has 27 heavy (non-hydrogen) atoms. The van der Waals surface area contributed by atoms with Gasteiger partial charge in [0.15, 0.2) is 5.60 Å². The summed E-state index contributed by atoms with van der Waals surface area (Å²) >= 11 is 6.11. The first-order valence-corrected chi connectivity index (χ1v) is 9.38. The Labute approximate surface area is 163 Å². The predicted molar refractivity (Wildman–Crippen MR) is 104 cm³/mol. The SMILES string of the molecule is CC1(C)Oc2ccc(Cl)cc2N(CC(=O)N2CCc3ccccc3C2)C1=O. The van der Waals surface area contributed by atoms with Crippen molar-refractivity contribution in [2.75, 3.05) is 18.0 Å². The number of nitrogens with zero attached hydrogens (tertiary/aromatic N) is 2. The van der Waals surface area contributed by atoms with Gasteiger partial charge in [-0.2, -0.15) is 0 Å². The minimum atomic E-state index is -1.03. The lowest BCUT2D eigenvalue weighted by atomic mass is 9.99. The lowest BCUT2D eigenvalue weighted by Crippen LogP contribution is -2.55. The number of ether oxygens (including phenoxy) is 1. The van der Waals surface area contributed by atoms with Crippen molar-refractivity contribution in [3.05, 3.63) is 58.6 Å². The minimum Gasteiger partial charge on any atom is -0.476 e. The summed E-state index contributed by atoms with van der Waals surface area (Å²) < 4.78 is 5.82. The number of carbonyl (C=O) groups excluding carboxylic acids is 2. The highest BCUT2D eigenvalue weighted by atomic mass is 35.5. The molecule has 4 rings (SSSR count). The van der Waals surface area contributed by atoms with Gasteiger partial charge in [0, 0.05) is 18.1 Å². The molecule has 0 spiro atoms. The number of halogens is 1. The van der Waals surface area contributed by atoms with Crippen LogP contribution in [0.25, 0.3) is 0 Å². The van der Waals surface area contributed by atoms with E-state index in [2.05, 4.69) is 6.07 Å². The van der Waals surface area contributed by atoms with Crippen molar-refractivity contribution in [2.45, 2.75) is 32.4 Å². The van der Waals surface area contributed by atoms with E-state index in [-0.39, 0.29) is 18.4 Å². The average Bonchev–Trinajstić information content (AvgIpc) is 2.65. The zero-order chi connectivity index (χ0) is 19.2. The molecule has 0 aromatic heterocycles. The molecular weight excluding hydrogens is 364 g/mol. The molecule has 0 bridgehead atoms. The van der Waals surface area contributed by atoms with E-state index in [0.717, 1.165) is 12.0 Å². The number of rotatable bonds is 2. The molecule has 2 amide bonds. The van der Waals surface area contributed by atoms with Crippen molar-refractivity contribution in [1.29, 1.82) is 0 Å². The van der Waals surface area contributed by atoms with Crippen LogP contribution in [0.1, 0.15) is 25.0 Å². The smallest absolute Gasteiger partial charge is 0.271 e. The van der Waals surface area contributed by atoms with Crippen molar-refractivity contribution in [2.24, 2.45) is 0 Å². The van der Waals surface area contributed by atoms with Crippen LogP contribution in [0.2, 0.25) is 5.02 Å². The maximum Gasteiger partial charge on any atom is 0.271 e. The van der Waals surface area contributed by atoms with E-state index in [1.54, 1.807) is 32.0 Å². The second-order valence-electron chi connectivity index (χ2n) is 7.45. The van der Waals surface area contributed by atoms with Crippen LogP contribution >= 0.6 is 11.6 Å². The largest absolute Gasteiger partial charge is 0.476 e. The number of carbonyl (C=O) groups is 2. The Morgan fingerprint density at radius 2 is 1.93 bits per heavy atom. The van der Waals surface area contributed by atoms with Gasteiger partial charge >= 0.3 is 0 Å². The van der Waals surface area contributed by atoms with Crippen molar-refractivity contribution >= 4 is 29.1 Å². The first-order valence-electron chi connectivity index (χ1n) is 9.00. The molecule has 2 aliphatic rings. The van der Waals surface area contributed by atoms with Crippen molar-refractivity contribution in [3.8, 4) is 5.75 Å². The Balaban J connectivity index is 1.59. The normalized spacial score (nSPS) is 17.8. The maximum atomic E-state index is 13.0. The third-order valence-corrected chi connectivity index (χ3v) is 5.35. The fraction of sp³-hybridized carbons (Fsp3) is 0.333. The van der Waals surface area contributed by atoms with Gasteiger partial charge in [-0.05, 0) is 49.6 Å². The van der Waals surface area contributed by atoms with Crippen LogP contribution in [0.3, 0.4) is 0 Å². The Kier molecular flexibility index (Phi) is 4.35. The Morgan fingerprint density at radius 1 is 1.19 bits per heavy atom. The van der Waals surface area contributed by atoms with Gasteiger partial charge in [-0.15, -0.1) is 0 Å². The molecule has 2 aromatic carbocycles. The molecule has 0 fully saturated rings. The second-order valence-corrected chi connectivity index (χ2v) is 7.89. The van der Waals surface area contributed by atoms with Crippen molar-refractivity contribution in [1.82, 2.24) is 4.90 Å². The summed E-state index contributed by atoms with van der Waals surface area (Å²) in [6.07, 6.45) is 0.826. The van der Waals surface area contributed by atoms with Crippen LogP contribution in [0.15, 0.2) is 42.5 Å². The molecular formula is C21H21ClN2O3. The zero-order valence-electron chi connectivity index (χ0n) is 15.4. The molecule has 0 unspecified atom stereocenters. The lowest BCUT2D eigenvalue weighted by molar-refractivity contribution is -0.137. The molecule has 140 valence electrons. The Bertz CT molecular complexity index is 925. The van der Waals surface area contributed by atoms with Crippen molar-refractivity contribution in [3.63, 3.8) is 0 Å². The molecule has 2 aromatic rings. The van der Waals surface area contributed by atoms with E-state index in [0.29, 0.717) is 29.5 Å². The Morgan fingerprint density at radius 3 is 2.70 bits per heavy atom. The van der Waals surface area contributed by atoms with Gasteiger partial charge in [-0.25, -0.2) is 0 Å². The predicted octanol–water partition coefficient (Wildman–Crippen LogP) is 3.43. The summed E-state index contributed by atoms with van der Waals surface area (Å²) in [6.45, 7) is 4.61. The van der Waals surface area contributed by atoms with Crippen LogP contribution in [-0.2, 0) is 22.6 Å². The van der Waals surface area contributed by atoms with Crippen LogP contribution < -0.4 is 9.64 Å².